The molecule has 0 radical (unpaired) electrons. The molecule has 23 nitrogen and oxygen atoms in total. The maximum Gasteiger partial charge on any atom is 0.246 e. The molecular weight excluding hydrogens is 1640 g/mol. The maximum atomic E-state index is 14.0. The molecule has 4 amide bonds. The predicted molar refractivity (Wildman–Crippen MR) is 444 cm³/mol. The van der Waals surface area contributed by atoms with Crippen molar-refractivity contribution in [2.24, 2.45) is 0 Å². The van der Waals surface area contributed by atoms with Gasteiger partial charge in [0.2, 0.25) is 70.9 Å². The molecule has 0 bridgehead atoms. The lowest BCUT2D eigenvalue weighted by Crippen LogP contribution is -2.28. The number of halogens is 6. The monoisotopic (exact) mass is 1730 g/mol. The highest BCUT2D eigenvalue weighted by Gasteiger charge is 2.27. The van der Waals surface area contributed by atoms with Crippen molar-refractivity contribution in [2.45, 2.75) is 67.7 Å². The average Bonchev–Trinajstić information content (AvgIpc) is 0.815. The van der Waals surface area contributed by atoms with Crippen LogP contribution in [0.15, 0.2) is 224 Å². The van der Waals surface area contributed by atoms with Crippen molar-refractivity contribution in [1.82, 2.24) is 19.9 Å². The van der Waals surface area contributed by atoms with Crippen LogP contribution in [0.5, 0.6) is 86.8 Å². The highest BCUT2D eigenvalue weighted by atomic mass is 127. The zero-order valence-corrected chi connectivity index (χ0v) is 68.8. The molecule has 4 heterocycles. The molecule has 0 spiro atoms. The third-order valence-corrected chi connectivity index (χ3v) is 18.4. The van der Waals surface area contributed by atoms with Crippen molar-refractivity contribution in [3.63, 3.8) is 0 Å². The highest BCUT2D eigenvalue weighted by Crippen LogP contribution is 2.40. The van der Waals surface area contributed by atoms with Crippen LogP contribution in [0.2, 0.25) is 0 Å². The molecule has 12 rings (SSSR count). The minimum absolute atomic E-state index is 0.00534. The number of ether oxygens (including phenoxy) is 11. The maximum absolute atomic E-state index is 14.0. The van der Waals surface area contributed by atoms with Gasteiger partial charge in [0.15, 0.2) is 0 Å². The fourth-order valence-corrected chi connectivity index (χ4v) is 11.9. The summed E-state index contributed by atoms with van der Waals surface area (Å²) in [5, 5.41) is 0. The van der Waals surface area contributed by atoms with Gasteiger partial charge < -0.3 is 71.7 Å². The summed E-state index contributed by atoms with van der Waals surface area (Å²) < 4.78 is 130. The van der Waals surface area contributed by atoms with Gasteiger partial charge in [-0.15, -0.1) is 0 Å². The zero-order valence-electron chi connectivity index (χ0n) is 66.7. The number of aromatic nitrogens is 4. The number of para-hydroxylation sites is 2. The lowest BCUT2D eigenvalue weighted by atomic mass is 10.1. The van der Waals surface area contributed by atoms with E-state index in [9.17, 15) is 41.1 Å². The molecule has 0 aliphatic heterocycles. The average molecular weight is 1730 g/mol. The van der Waals surface area contributed by atoms with Gasteiger partial charge >= 0.3 is 0 Å². The van der Waals surface area contributed by atoms with Gasteiger partial charge in [-0.2, -0.15) is 37.5 Å². The first-order chi connectivity index (χ1) is 56.7. The van der Waals surface area contributed by atoms with Crippen molar-refractivity contribution in [3.8, 4) is 86.8 Å². The van der Waals surface area contributed by atoms with Crippen LogP contribution < -0.4 is 71.7 Å². The van der Waals surface area contributed by atoms with Crippen molar-refractivity contribution in [1.29, 1.82) is 0 Å². The van der Waals surface area contributed by atoms with Crippen molar-refractivity contribution in [3.05, 3.63) is 291 Å². The van der Waals surface area contributed by atoms with Gasteiger partial charge in [-0.3, -0.25) is 19.2 Å². The molecule has 0 unspecified atom stereocenters. The number of pyridine rings is 4. The molecule has 0 saturated heterocycles. The fourth-order valence-electron chi connectivity index (χ4n) is 11.5. The molecule has 612 valence electrons. The Morgan fingerprint density at radius 3 is 0.949 bits per heavy atom. The minimum Gasteiger partial charge on any atom is -0.497 e. The predicted octanol–water partition coefficient (Wildman–Crippen LogP) is 19.7. The Kier molecular flexibility index (Phi) is 32.0. The third-order valence-electron chi connectivity index (χ3n) is 17.7. The molecule has 12 aromatic rings. The molecule has 4 aromatic heterocycles. The number of aryl methyl sites for hydroxylation is 1. The quantitative estimate of drug-likeness (QED) is 0.0264. The van der Waals surface area contributed by atoms with E-state index < -0.39 is 29.6 Å². The van der Waals surface area contributed by atoms with Crippen LogP contribution in [0, 0.1) is 47.0 Å². The van der Waals surface area contributed by atoms with Crippen LogP contribution >= 0.6 is 22.6 Å². The highest BCUT2D eigenvalue weighted by molar-refractivity contribution is 14.1. The topological polar surface area (TPSA) is 234 Å². The van der Waals surface area contributed by atoms with E-state index in [4.69, 9.17) is 52.1 Å². The first-order valence-electron chi connectivity index (χ1n) is 36.1. The summed E-state index contributed by atoms with van der Waals surface area (Å²) in [7, 11) is 10.9. The Hall–Kier alpha value is -13.6. The molecule has 0 aliphatic carbocycles. The lowest BCUT2D eigenvalue weighted by Gasteiger charge is -2.24. The molecule has 0 fully saturated rings. The normalized spacial score (nSPS) is 10.4. The fraction of sp³-hybridized carbons (Fsp3) is 0.191. The number of amides is 4. The van der Waals surface area contributed by atoms with Crippen LogP contribution in [0.3, 0.4) is 0 Å². The Morgan fingerprint density at radius 2 is 0.602 bits per heavy atom. The first kappa shape index (κ1) is 88.4. The van der Waals surface area contributed by atoms with E-state index in [1.807, 2.05) is 68.4 Å². The number of hydrogen-bond acceptors (Lipinski definition) is 19. The van der Waals surface area contributed by atoms with Crippen LogP contribution in [-0.2, 0) is 45.4 Å². The van der Waals surface area contributed by atoms with E-state index in [2.05, 4.69) is 42.5 Å². The number of nitrogens with zero attached hydrogens (tertiary/aromatic N) is 8. The van der Waals surface area contributed by atoms with E-state index >= 15 is 0 Å². The van der Waals surface area contributed by atoms with E-state index in [-0.39, 0.29) is 84.8 Å². The van der Waals surface area contributed by atoms with Crippen molar-refractivity contribution in [2.75, 3.05) is 69.4 Å². The second-order valence-corrected chi connectivity index (χ2v) is 26.7. The number of anilines is 4. The Bertz CT molecular complexity index is 5280. The molecule has 0 aliphatic rings. The summed E-state index contributed by atoms with van der Waals surface area (Å²) in [6.45, 7) is 10.2. The Morgan fingerprint density at radius 1 is 0.305 bits per heavy atom. The summed E-state index contributed by atoms with van der Waals surface area (Å²) in [4.78, 5) is 71.1. The number of carbonyl (C=O) groups excluding carboxylic acids is 4. The number of benzene rings is 8. The lowest BCUT2D eigenvalue weighted by molar-refractivity contribution is -0.117. The molecular formula is C89H84F5IN8O15. The summed E-state index contributed by atoms with van der Waals surface area (Å²) >= 11 is 2.18. The van der Waals surface area contributed by atoms with Gasteiger partial charge in [0.25, 0.3) is 0 Å². The Balaban J connectivity index is 0.000000180. The SMILES string of the molecule is COc1ccc(OC)c(CN(C(C)=O)c2ccc(F)nc2Oc2ccc(F)cc2)c1.COc1ccc(OC)c(CN(C(C)=O)c2ccc(F)nc2Oc2ccc(I)cc2)c1.COc1ccc(OC)c(CN(C(C)=O)c2ccc(F)nc2Oc2cccc(C)c2C)c1.COc1ccccc1CN(C(C)=O)c1ccc(F)nc1Oc1ccccc1. The first-order valence-corrected chi connectivity index (χ1v) is 37.2. The summed E-state index contributed by atoms with van der Waals surface area (Å²) in [6.07, 6.45) is 0. The van der Waals surface area contributed by atoms with Crippen LogP contribution in [-0.4, -0.2) is 93.3 Å². The van der Waals surface area contributed by atoms with Crippen molar-refractivity contribution >= 4 is 69.0 Å². The van der Waals surface area contributed by atoms with Gasteiger partial charge in [-0.05, 0) is 223 Å². The third kappa shape index (κ3) is 24.3. The van der Waals surface area contributed by atoms with E-state index in [0.29, 0.717) is 80.1 Å². The molecule has 29 heteroatoms. The van der Waals surface area contributed by atoms with Gasteiger partial charge in [0.1, 0.15) is 91.8 Å². The van der Waals surface area contributed by atoms with Crippen LogP contribution in [0.1, 0.15) is 61.1 Å². The number of rotatable bonds is 27. The standard InChI is InChI=1S/C24H25FN2O4.C22H20F2N2O4.C22H20FIN2O4.C21H19FN2O3/c1-15-7-6-8-21(16(15)2)31-24-20(10-12-23(25)26-24)27(17(3)28)14-18-13-19(29-4)9-11-22(18)30-5;1-14(27)26(13-15-12-18(28-2)8-10-20(15)29-3)19-9-11-21(24)25-22(19)30-17-6-4-16(23)5-7-17;1-14(27)26(13-15-12-18(28-2)8-10-20(15)29-3)19-9-11-21(23)25-22(19)30-17-6-4-16(24)5-7-17;1-15(25)24(14-16-8-6-7-11-19(16)26-2)18-12-13-20(22)23-21(18)27-17-9-4-3-5-10-17/h6-13H,14H2,1-5H3;2*4-12H,13H2,1-3H3;3-13H,14H2,1-2H3. The van der Waals surface area contributed by atoms with Gasteiger partial charge in [-0.25, -0.2) is 4.39 Å². The summed E-state index contributed by atoms with van der Waals surface area (Å²) in [6, 6.07) is 60.7. The van der Waals surface area contributed by atoms with Crippen molar-refractivity contribution < 1.29 is 93.2 Å². The van der Waals surface area contributed by atoms with E-state index in [1.54, 1.807) is 133 Å². The molecule has 8 aromatic carbocycles. The Labute approximate surface area is 693 Å². The molecule has 118 heavy (non-hydrogen) atoms. The minimum atomic E-state index is -0.779. The van der Waals surface area contributed by atoms with Crippen LogP contribution in [0.4, 0.5) is 44.7 Å². The molecule has 0 atom stereocenters. The largest absolute Gasteiger partial charge is 0.497 e. The van der Waals surface area contributed by atoms with Crippen LogP contribution in [0.25, 0.3) is 0 Å². The second-order valence-electron chi connectivity index (χ2n) is 25.4. The van der Waals surface area contributed by atoms with Gasteiger partial charge in [-0.1, -0.05) is 48.5 Å². The smallest absolute Gasteiger partial charge is 0.246 e. The number of carbonyl (C=O) groups is 4. The van der Waals surface area contributed by atoms with Gasteiger partial charge in [0, 0.05) is 53.5 Å². The van der Waals surface area contributed by atoms with E-state index in [0.717, 1.165) is 37.5 Å². The van der Waals surface area contributed by atoms with Gasteiger partial charge in [0.05, 0.1) is 75.9 Å². The second kappa shape index (κ2) is 42.7. The zero-order chi connectivity index (χ0) is 85.1. The molecule has 0 saturated carbocycles. The summed E-state index contributed by atoms with van der Waals surface area (Å²) in [5.41, 5.74) is 6.16. The number of hydrogen-bond donors (Lipinski definition) is 0. The molecule has 0 N–H and O–H groups in total. The summed E-state index contributed by atoms with van der Waals surface area (Å²) in [5.74, 6) is 1.52. The van der Waals surface area contributed by atoms with E-state index in [1.165, 1.54) is 128 Å². The number of methoxy groups -OCH3 is 7.